The molecule has 0 bridgehead atoms. The number of rotatable bonds is 2. The minimum atomic E-state index is 0.0332. The molecule has 0 aliphatic heterocycles. The van der Waals surface area contributed by atoms with Gasteiger partial charge in [0.05, 0.1) is 17.8 Å². The number of fused-ring (bicyclic) bond motifs is 1. The fourth-order valence-electron chi connectivity index (χ4n) is 2.42. The molecule has 2 aromatic heterocycles. The van der Waals surface area contributed by atoms with Gasteiger partial charge in [0, 0.05) is 30.3 Å². The van der Waals surface area contributed by atoms with Crippen molar-refractivity contribution in [2.24, 2.45) is 7.05 Å². The number of aromatic nitrogens is 3. The van der Waals surface area contributed by atoms with Crippen LogP contribution in [0, 0.1) is 6.92 Å². The Balaban J connectivity index is 2.16. The number of halogens is 1. The van der Waals surface area contributed by atoms with Gasteiger partial charge in [-0.1, -0.05) is 23.7 Å². The first-order chi connectivity index (χ1) is 9.58. The molecule has 20 heavy (non-hydrogen) atoms. The SMILES string of the molecule is Cc1nn(C)c(Cl)c1Cn1ccc(=O)c2ccccc21. The molecular formula is C15H14ClN3O. The van der Waals surface area contributed by atoms with E-state index in [1.807, 2.05) is 42.8 Å². The maximum atomic E-state index is 11.9. The van der Waals surface area contributed by atoms with Crippen molar-refractivity contribution in [3.05, 3.63) is 63.2 Å². The number of nitrogens with zero attached hydrogens (tertiary/aromatic N) is 3. The first-order valence-electron chi connectivity index (χ1n) is 6.34. The zero-order valence-corrected chi connectivity index (χ0v) is 12.1. The van der Waals surface area contributed by atoms with Crippen LogP contribution >= 0.6 is 11.6 Å². The Morgan fingerprint density at radius 1 is 1.25 bits per heavy atom. The van der Waals surface area contributed by atoms with Crippen molar-refractivity contribution >= 4 is 22.5 Å². The lowest BCUT2D eigenvalue weighted by Crippen LogP contribution is -2.09. The second-order valence-electron chi connectivity index (χ2n) is 4.80. The largest absolute Gasteiger partial charge is 0.343 e. The van der Waals surface area contributed by atoms with Crippen molar-refractivity contribution in [1.82, 2.24) is 14.3 Å². The van der Waals surface area contributed by atoms with E-state index in [0.717, 1.165) is 16.8 Å². The van der Waals surface area contributed by atoms with Crippen LogP contribution in [0.15, 0.2) is 41.3 Å². The van der Waals surface area contributed by atoms with Crippen molar-refractivity contribution in [3.8, 4) is 0 Å². The van der Waals surface area contributed by atoms with E-state index in [4.69, 9.17) is 11.6 Å². The summed E-state index contributed by atoms with van der Waals surface area (Å²) in [5.41, 5.74) is 2.81. The molecule has 0 radical (unpaired) electrons. The van der Waals surface area contributed by atoms with Gasteiger partial charge in [0.25, 0.3) is 0 Å². The van der Waals surface area contributed by atoms with Crippen LogP contribution in [0.25, 0.3) is 10.9 Å². The summed E-state index contributed by atoms with van der Waals surface area (Å²) < 4.78 is 3.68. The van der Waals surface area contributed by atoms with Gasteiger partial charge in [-0.05, 0) is 19.1 Å². The van der Waals surface area contributed by atoms with Crippen LogP contribution in [0.5, 0.6) is 0 Å². The third kappa shape index (κ3) is 2.02. The summed E-state index contributed by atoms with van der Waals surface area (Å²) in [5, 5.41) is 5.66. The van der Waals surface area contributed by atoms with E-state index in [1.165, 1.54) is 0 Å². The fourth-order valence-corrected chi connectivity index (χ4v) is 2.66. The van der Waals surface area contributed by atoms with Gasteiger partial charge in [0.1, 0.15) is 5.15 Å². The van der Waals surface area contributed by atoms with Gasteiger partial charge in [-0.25, -0.2) is 0 Å². The van der Waals surface area contributed by atoms with Gasteiger partial charge in [0.2, 0.25) is 0 Å². The Hall–Kier alpha value is -2.07. The molecule has 4 nitrogen and oxygen atoms in total. The lowest BCUT2D eigenvalue weighted by Gasteiger charge is -2.10. The Morgan fingerprint density at radius 3 is 2.70 bits per heavy atom. The van der Waals surface area contributed by atoms with Gasteiger partial charge in [-0.15, -0.1) is 0 Å². The number of pyridine rings is 1. The molecule has 0 aliphatic rings. The van der Waals surface area contributed by atoms with E-state index < -0.39 is 0 Å². The molecule has 0 amide bonds. The van der Waals surface area contributed by atoms with Crippen LogP contribution in [0.2, 0.25) is 5.15 Å². The third-order valence-electron chi connectivity index (χ3n) is 3.48. The summed E-state index contributed by atoms with van der Waals surface area (Å²) in [6.45, 7) is 2.53. The number of hydrogen-bond donors (Lipinski definition) is 0. The van der Waals surface area contributed by atoms with E-state index in [2.05, 4.69) is 5.10 Å². The highest BCUT2D eigenvalue weighted by molar-refractivity contribution is 6.30. The topological polar surface area (TPSA) is 39.8 Å². The summed E-state index contributed by atoms with van der Waals surface area (Å²) in [6.07, 6.45) is 1.80. The van der Waals surface area contributed by atoms with Gasteiger partial charge < -0.3 is 4.57 Å². The van der Waals surface area contributed by atoms with Crippen LogP contribution in [0.1, 0.15) is 11.3 Å². The molecule has 0 N–H and O–H groups in total. The summed E-state index contributed by atoms with van der Waals surface area (Å²) >= 11 is 6.27. The molecule has 102 valence electrons. The van der Waals surface area contributed by atoms with Crippen molar-refractivity contribution in [2.75, 3.05) is 0 Å². The number of aryl methyl sites for hydroxylation is 2. The first kappa shape index (κ1) is 12.9. The second kappa shape index (κ2) is 4.80. The zero-order valence-electron chi connectivity index (χ0n) is 11.3. The fraction of sp³-hybridized carbons (Fsp3) is 0.200. The molecule has 3 rings (SSSR count). The molecule has 5 heteroatoms. The minimum absolute atomic E-state index is 0.0332. The maximum absolute atomic E-state index is 11.9. The van der Waals surface area contributed by atoms with Crippen LogP contribution in [-0.4, -0.2) is 14.3 Å². The van der Waals surface area contributed by atoms with E-state index in [1.54, 1.807) is 16.9 Å². The van der Waals surface area contributed by atoms with E-state index in [9.17, 15) is 4.79 Å². The normalized spacial score (nSPS) is 11.2. The number of benzene rings is 1. The lowest BCUT2D eigenvalue weighted by molar-refractivity contribution is 0.757. The van der Waals surface area contributed by atoms with Crippen molar-refractivity contribution in [1.29, 1.82) is 0 Å². The van der Waals surface area contributed by atoms with Crippen LogP contribution in [-0.2, 0) is 13.6 Å². The Morgan fingerprint density at radius 2 is 2.00 bits per heavy atom. The third-order valence-corrected chi connectivity index (χ3v) is 3.96. The highest BCUT2D eigenvalue weighted by Crippen LogP contribution is 2.21. The highest BCUT2D eigenvalue weighted by Gasteiger charge is 2.12. The molecule has 0 aliphatic carbocycles. The molecule has 0 spiro atoms. The highest BCUT2D eigenvalue weighted by atomic mass is 35.5. The summed E-state index contributed by atoms with van der Waals surface area (Å²) in [6, 6.07) is 9.16. The van der Waals surface area contributed by atoms with E-state index >= 15 is 0 Å². The summed E-state index contributed by atoms with van der Waals surface area (Å²) in [5.74, 6) is 0. The van der Waals surface area contributed by atoms with Crippen LogP contribution in [0.3, 0.4) is 0 Å². The molecular weight excluding hydrogens is 274 g/mol. The van der Waals surface area contributed by atoms with Gasteiger partial charge in [-0.3, -0.25) is 9.48 Å². The lowest BCUT2D eigenvalue weighted by atomic mass is 10.2. The summed E-state index contributed by atoms with van der Waals surface area (Å²) in [7, 11) is 1.82. The zero-order chi connectivity index (χ0) is 14.3. The predicted octanol–water partition coefficient (Wildman–Crippen LogP) is 2.75. The first-order valence-corrected chi connectivity index (χ1v) is 6.72. The monoisotopic (exact) mass is 287 g/mol. The molecule has 0 unspecified atom stereocenters. The summed E-state index contributed by atoms with van der Waals surface area (Å²) in [4.78, 5) is 11.9. The molecule has 0 atom stereocenters. The molecule has 0 saturated carbocycles. The Labute approximate surface area is 121 Å². The molecule has 2 heterocycles. The molecule has 3 aromatic rings. The predicted molar refractivity (Wildman–Crippen MR) is 80.3 cm³/mol. The average Bonchev–Trinajstić information content (AvgIpc) is 2.68. The Bertz CT molecular complexity index is 848. The van der Waals surface area contributed by atoms with E-state index in [0.29, 0.717) is 17.1 Å². The standard InChI is InChI=1S/C15H14ClN3O/c1-10-12(15(16)18(2)17-10)9-19-8-7-14(20)11-5-3-4-6-13(11)19/h3-8H,9H2,1-2H3. The minimum Gasteiger partial charge on any atom is -0.343 e. The van der Waals surface area contributed by atoms with Crippen LogP contribution < -0.4 is 5.43 Å². The van der Waals surface area contributed by atoms with Gasteiger partial charge >= 0.3 is 0 Å². The number of hydrogen-bond acceptors (Lipinski definition) is 2. The van der Waals surface area contributed by atoms with Crippen LogP contribution in [0.4, 0.5) is 0 Å². The quantitative estimate of drug-likeness (QED) is 0.727. The second-order valence-corrected chi connectivity index (χ2v) is 5.16. The van der Waals surface area contributed by atoms with E-state index in [-0.39, 0.29) is 5.43 Å². The van der Waals surface area contributed by atoms with Crippen molar-refractivity contribution < 1.29 is 0 Å². The Kier molecular flexibility index (Phi) is 3.10. The average molecular weight is 288 g/mol. The molecule has 0 fully saturated rings. The number of para-hydroxylation sites is 1. The smallest absolute Gasteiger partial charge is 0.189 e. The maximum Gasteiger partial charge on any atom is 0.189 e. The molecule has 0 saturated heterocycles. The van der Waals surface area contributed by atoms with Gasteiger partial charge in [-0.2, -0.15) is 5.10 Å². The van der Waals surface area contributed by atoms with Crippen molar-refractivity contribution in [2.45, 2.75) is 13.5 Å². The van der Waals surface area contributed by atoms with Crippen molar-refractivity contribution in [3.63, 3.8) is 0 Å². The molecule has 1 aromatic carbocycles. The van der Waals surface area contributed by atoms with Gasteiger partial charge in [0.15, 0.2) is 5.43 Å².